The molecule has 0 radical (unpaired) electrons. The van der Waals surface area contributed by atoms with Crippen molar-refractivity contribution in [1.82, 2.24) is 4.90 Å². The molecule has 0 saturated heterocycles. The Morgan fingerprint density at radius 1 is 1.47 bits per heavy atom. The molecule has 0 unspecified atom stereocenters. The van der Waals surface area contributed by atoms with E-state index in [9.17, 15) is 4.79 Å². The predicted molar refractivity (Wildman–Crippen MR) is 75.1 cm³/mol. The lowest BCUT2D eigenvalue weighted by molar-refractivity contribution is -0.134. The molecule has 4 nitrogen and oxygen atoms in total. The summed E-state index contributed by atoms with van der Waals surface area (Å²) in [5, 5.41) is 8.85. The molecule has 0 spiro atoms. The van der Waals surface area contributed by atoms with E-state index in [-0.39, 0.29) is 11.3 Å². The first-order valence-corrected chi connectivity index (χ1v) is 6.25. The Morgan fingerprint density at radius 3 is 2.63 bits per heavy atom. The maximum Gasteiger partial charge on any atom is 0.240 e. The number of nitrogens with two attached hydrogens (primary N) is 1. The van der Waals surface area contributed by atoms with Crippen LogP contribution in [-0.4, -0.2) is 23.9 Å². The van der Waals surface area contributed by atoms with Gasteiger partial charge in [0.2, 0.25) is 5.91 Å². The van der Waals surface area contributed by atoms with Crippen molar-refractivity contribution < 1.29 is 4.79 Å². The van der Waals surface area contributed by atoms with Crippen molar-refractivity contribution in [3.8, 4) is 6.07 Å². The predicted octanol–water partition coefficient (Wildman–Crippen LogP) is 1.89. The van der Waals surface area contributed by atoms with E-state index in [4.69, 9.17) is 11.0 Å². The van der Waals surface area contributed by atoms with Crippen LogP contribution in [0.5, 0.6) is 0 Å². The maximum atomic E-state index is 12.2. The van der Waals surface area contributed by atoms with E-state index in [2.05, 4.69) is 6.07 Å². The van der Waals surface area contributed by atoms with Gasteiger partial charge in [0.05, 0.1) is 17.7 Å². The summed E-state index contributed by atoms with van der Waals surface area (Å²) in [6.07, 6.45) is 0. The second kappa shape index (κ2) is 5.85. The molecule has 1 atom stereocenters. The van der Waals surface area contributed by atoms with E-state index >= 15 is 0 Å². The van der Waals surface area contributed by atoms with Gasteiger partial charge in [-0.1, -0.05) is 32.9 Å². The molecule has 0 saturated carbocycles. The molecule has 1 rings (SSSR count). The Balaban J connectivity index is 2.77. The van der Waals surface area contributed by atoms with Crippen molar-refractivity contribution >= 4 is 5.91 Å². The molecule has 4 heteroatoms. The van der Waals surface area contributed by atoms with Crippen LogP contribution in [0.4, 0.5) is 0 Å². The summed E-state index contributed by atoms with van der Waals surface area (Å²) in [7, 11) is 1.73. The lowest BCUT2D eigenvalue weighted by Gasteiger charge is -2.30. The Bertz CT molecular complexity index is 497. The van der Waals surface area contributed by atoms with Crippen molar-refractivity contribution in [1.29, 1.82) is 5.26 Å². The third-order valence-corrected chi connectivity index (χ3v) is 3.05. The highest BCUT2D eigenvalue weighted by Gasteiger charge is 2.29. The summed E-state index contributed by atoms with van der Waals surface area (Å²) in [5.74, 6) is -0.0881. The minimum atomic E-state index is -0.531. The van der Waals surface area contributed by atoms with Crippen LogP contribution >= 0.6 is 0 Å². The van der Waals surface area contributed by atoms with Crippen LogP contribution in [-0.2, 0) is 11.3 Å². The van der Waals surface area contributed by atoms with Gasteiger partial charge in [0, 0.05) is 13.6 Å². The van der Waals surface area contributed by atoms with E-state index in [1.807, 2.05) is 32.9 Å². The van der Waals surface area contributed by atoms with Gasteiger partial charge in [0.25, 0.3) is 0 Å². The lowest BCUT2D eigenvalue weighted by atomic mass is 9.86. The highest BCUT2D eigenvalue weighted by molar-refractivity contribution is 5.82. The lowest BCUT2D eigenvalue weighted by Crippen LogP contribution is -2.48. The number of carbonyl (C=O) groups is 1. The van der Waals surface area contributed by atoms with Gasteiger partial charge >= 0.3 is 0 Å². The Hall–Kier alpha value is -1.86. The molecule has 0 aromatic heterocycles. The SMILES string of the molecule is CN(Cc1cccc(C#N)c1)C(=O)[C@H](N)C(C)(C)C. The van der Waals surface area contributed by atoms with Crippen LogP contribution < -0.4 is 5.73 Å². The molecule has 1 aromatic rings. The maximum absolute atomic E-state index is 12.2. The molecule has 102 valence electrons. The summed E-state index contributed by atoms with van der Waals surface area (Å²) in [5.41, 5.74) is 7.22. The van der Waals surface area contributed by atoms with Gasteiger partial charge in [0.1, 0.15) is 0 Å². The molecule has 1 aromatic carbocycles. The molecule has 1 amide bonds. The molecule has 0 aliphatic rings. The average molecular weight is 259 g/mol. The second-order valence-electron chi connectivity index (χ2n) is 5.85. The highest BCUT2D eigenvalue weighted by atomic mass is 16.2. The van der Waals surface area contributed by atoms with Gasteiger partial charge in [-0.2, -0.15) is 5.26 Å². The van der Waals surface area contributed by atoms with Gasteiger partial charge < -0.3 is 10.6 Å². The molecular formula is C15H21N3O. The van der Waals surface area contributed by atoms with Gasteiger partial charge in [-0.05, 0) is 23.1 Å². The molecular weight excluding hydrogens is 238 g/mol. The topological polar surface area (TPSA) is 70.1 Å². The van der Waals surface area contributed by atoms with Crippen molar-refractivity contribution in [3.05, 3.63) is 35.4 Å². The summed E-state index contributed by atoms with van der Waals surface area (Å²) < 4.78 is 0. The van der Waals surface area contributed by atoms with Gasteiger partial charge in [-0.15, -0.1) is 0 Å². The van der Waals surface area contributed by atoms with Crippen LogP contribution in [0, 0.1) is 16.7 Å². The van der Waals surface area contributed by atoms with Crippen LogP contribution in [0.2, 0.25) is 0 Å². The van der Waals surface area contributed by atoms with Gasteiger partial charge in [-0.25, -0.2) is 0 Å². The third-order valence-electron chi connectivity index (χ3n) is 3.05. The van der Waals surface area contributed by atoms with Crippen LogP contribution in [0.3, 0.4) is 0 Å². The first kappa shape index (κ1) is 15.2. The first-order chi connectivity index (χ1) is 8.75. The largest absolute Gasteiger partial charge is 0.340 e. The van der Waals surface area contributed by atoms with E-state index < -0.39 is 6.04 Å². The Morgan fingerprint density at radius 2 is 2.11 bits per heavy atom. The Kier molecular flexibility index (Phi) is 4.68. The minimum Gasteiger partial charge on any atom is -0.340 e. The summed E-state index contributed by atoms with van der Waals surface area (Å²) in [6.45, 7) is 6.29. The zero-order valence-electron chi connectivity index (χ0n) is 12.0. The third kappa shape index (κ3) is 4.08. The minimum absolute atomic E-state index is 0.0881. The number of rotatable bonds is 3. The van der Waals surface area contributed by atoms with E-state index in [1.54, 1.807) is 24.1 Å². The number of hydrogen-bond acceptors (Lipinski definition) is 3. The van der Waals surface area contributed by atoms with Crippen molar-refractivity contribution in [3.63, 3.8) is 0 Å². The quantitative estimate of drug-likeness (QED) is 0.901. The van der Waals surface area contributed by atoms with Crippen molar-refractivity contribution in [2.45, 2.75) is 33.4 Å². The fraction of sp³-hybridized carbons (Fsp3) is 0.467. The monoisotopic (exact) mass is 259 g/mol. The number of nitriles is 1. The molecule has 0 heterocycles. The van der Waals surface area contributed by atoms with E-state index in [1.165, 1.54) is 0 Å². The zero-order chi connectivity index (χ0) is 14.6. The fourth-order valence-electron chi connectivity index (χ4n) is 1.70. The number of benzene rings is 1. The second-order valence-corrected chi connectivity index (χ2v) is 5.85. The molecule has 0 fully saturated rings. The van der Waals surface area contributed by atoms with Crippen LogP contribution in [0.1, 0.15) is 31.9 Å². The number of amides is 1. The van der Waals surface area contributed by atoms with Gasteiger partial charge in [0.15, 0.2) is 0 Å². The molecule has 0 aliphatic carbocycles. The molecule has 0 aliphatic heterocycles. The summed E-state index contributed by atoms with van der Waals surface area (Å²) in [4.78, 5) is 13.8. The summed E-state index contributed by atoms with van der Waals surface area (Å²) >= 11 is 0. The summed E-state index contributed by atoms with van der Waals surface area (Å²) in [6, 6.07) is 8.80. The zero-order valence-corrected chi connectivity index (χ0v) is 12.0. The molecule has 2 N–H and O–H groups in total. The number of carbonyl (C=O) groups excluding carboxylic acids is 1. The normalized spacial score (nSPS) is 12.6. The van der Waals surface area contributed by atoms with Crippen LogP contribution in [0.25, 0.3) is 0 Å². The number of hydrogen-bond donors (Lipinski definition) is 1. The average Bonchev–Trinajstić information content (AvgIpc) is 2.36. The molecule has 19 heavy (non-hydrogen) atoms. The fourth-order valence-corrected chi connectivity index (χ4v) is 1.70. The molecule has 0 bridgehead atoms. The van der Waals surface area contributed by atoms with E-state index in [0.717, 1.165) is 5.56 Å². The smallest absolute Gasteiger partial charge is 0.240 e. The standard InChI is InChI=1S/C15H21N3O/c1-15(2,3)13(17)14(19)18(4)10-12-7-5-6-11(8-12)9-16/h5-8,13H,10,17H2,1-4H3/t13-/m0/s1. The Labute approximate surface area is 114 Å². The van der Waals surface area contributed by atoms with Gasteiger partial charge in [-0.3, -0.25) is 4.79 Å². The van der Waals surface area contributed by atoms with E-state index in [0.29, 0.717) is 12.1 Å². The van der Waals surface area contributed by atoms with Crippen molar-refractivity contribution in [2.75, 3.05) is 7.05 Å². The van der Waals surface area contributed by atoms with Crippen LogP contribution in [0.15, 0.2) is 24.3 Å². The van der Waals surface area contributed by atoms with Crippen molar-refractivity contribution in [2.24, 2.45) is 11.1 Å². The first-order valence-electron chi connectivity index (χ1n) is 6.25. The number of likely N-dealkylation sites (N-methyl/N-ethyl adjacent to an activating group) is 1. The highest BCUT2D eigenvalue weighted by Crippen LogP contribution is 2.19. The number of nitrogens with zero attached hydrogens (tertiary/aromatic N) is 2.